The van der Waals surface area contributed by atoms with Gasteiger partial charge < -0.3 is 10.2 Å². The fourth-order valence-electron chi connectivity index (χ4n) is 3.17. The standard InChI is InChI=1S/C19H23ClN2/c20-14-18-13-17-9-4-5-10-19(17)22(18)12-6-11-21-15-16-7-2-1-3-8-16/h1-5,7-10,18,21H,6,11-15H2. The summed E-state index contributed by atoms with van der Waals surface area (Å²) in [6, 6.07) is 19.7. The second-order valence-electron chi connectivity index (χ2n) is 5.85. The Labute approximate surface area is 138 Å². The van der Waals surface area contributed by atoms with Gasteiger partial charge in [0.05, 0.1) is 0 Å². The molecule has 0 aromatic heterocycles. The zero-order valence-corrected chi connectivity index (χ0v) is 13.6. The molecule has 0 saturated carbocycles. The van der Waals surface area contributed by atoms with Crippen molar-refractivity contribution in [2.24, 2.45) is 0 Å². The predicted molar refractivity (Wildman–Crippen MR) is 94.8 cm³/mol. The second kappa shape index (κ2) is 7.66. The molecule has 1 aliphatic rings. The summed E-state index contributed by atoms with van der Waals surface area (Å²) in [6.07, 6.45) is 2.21. The Morgan fingerprint density at radius 1 is 1.05 bits per heavy atom. The molecule has 2 aromatic rings. The van der Waals surface area contributed by atoms with Gasteiger partial charge in [-0.15, -0.1) is 11.6 Å². The van der Waals surface area contributed by atoms with Crippen LogP contribution in [0.15, 0.2) is 54.6 Å². The third-order valence-corrected chi connectivity index (χ3v) is 4.66. The number of halogens is 1. The van der Waals surface area contributed by atoms with Gasteiger partial charge in [0.25, 0.3) is 0 Å². The third kappa shape index (κ3) is 3.63. The highest BCUT2D eigenvalue weighted by molar-refractivity contribution is 6.18. The molecule has 2 aromatic carbocycles. The normalized spacial score (nSPS) is 16.8. The fraction of sp³-hybridized carbons (Fsp3) is 0.368. The van der Waals surface area contributed by atoms with Crippen LogP contribution in [0.2, 0.25) is 0 Å². The topological polar surface area (TPSA) is 15.3 Å². The van der Waals surface area contributed by atoms with Gasteiger partial charge in [-0.25, -0.2) is 0 Å². The van der Waals surface area contributed by atoms with Crippen LogP contribution in [-0.2, 0) is 13.0 Å². The molecule has 0 amide bonds. The number of para-hydroxylation sites is 1. The summed E-state index contributed by atoms with van der Waals surface area (Å²) in [5.41, 5.74) is 4.15. The van der Waals surface area contributed by atoms with Crippen molar-refractivity contribution < 1.29 is 0 Å². The Hall–Kier alpha value is -1.51. The first-order valence-electron chi connectivity index (χ1n) is 8.03. The molecule has 1 aliphatic heterocycles. The number of nitrogens with one attached hydrogen (secondary N) is 1. The average molecular weight is 315 g/mol. The Balaban J connectivity index is 1.47. The molecule has 0 spiro atoms. The molecule has 116 valence electrons. The van der Waals surface area contributed by atoms with E-state index in [4.69, 9.17) is 11.6 Å². The third-order valence-electron chi connectivity index (χ3n) is 4.30. The number of anilines is 1. The average Bonchev–Trinajstić information content (AvgIpc) is 2.93. The fourth-order valence-corrected chi connectivity index (χ4v) is 3.44. The molecule has 1 unspecified atom stereocenters. The number of nitrogens with zero attached hydrogens (tertiary/aromatic N) is 1. The summed E-state index contributed by atoms with van der Waals surface area (Å²) in [5.74, 6) is 0.701. The van der Waals surface area contributed by atoms with E-state index in [1.807, 2.05) is 0 Å². The van der Waals surface area contributed by atoms with E-state index in [0.717, 1.165) is 32.5 Å². The lowest BCUT2D eigenvalue weighted by atomic mass is 10.1. The summed E-state index contributed by atoms with van der Waals surface area (Å²) < 4.78 is 0. The van der Waals surface area contributed by atoms with Crippen LogP contribution < -0.4 is 10.2 Å². The molecule has 0 bridgehead atoms. The summed E-state index contributed by atoms with van der Waals surface area (Å²) in [5, 5.41) is 3.52. The van der Waals surface area contributed by atoms with Crippen LogP contribution in [-0.4, -0.2) is 25.0 Å². The van der Waals surface area contributed by atoms with E-state index in [0.29, 0.717) is 11.9 Å². The summed E-state index contributed by atoms with van der Waals surface area (Å²) in [4.78, 5) is 2.48. The van der Waals surface area contributed by atoms with Crippen molar-refractivity contribution in [3.8, 4) is 0 Å². The van der Waals surface area contributed by atoms with Crippen molar-refractivity contribution >= 4 is 17.3 Å². The van der Waals surface area contributed by atoms with E-state index in [9.17, 15) is 0 Å². The second-order valence-corrected chi connectivity index (χ2v) is 6.16. The van der Waals surface area contributed by atoms with Gasteiger partial charge in [-0.1, -0.05) is 48.5 Å². The van der Waals surface area contributed by atoms with Gasteiger partial charge >= 0.3 is 0 Å². The van der Waals surface area contributed by atoms with Crippen molar-refractivity contribution in [2.45, 2.75) is 25.4 Å². The van der Waals surface area contributed by atoms with Crippen LogP contribution in [0.5, 0.6) is 0 Å². The van der Waals surface area contributed by atoms with Crippen LogP contribution in [0.1, 0.15) is 17.5 Å². The number of hydrogen-bond acceptors (Lipinski definition) is 2. The minimum atomic E-state index is 0.452. The molecule has 0 saturated heterocycles. The smallest absolute Gasteiger partial charge is 0.0466 e. The van der Waals surface area contributed by atoms with E-state index in [-0.39, 0.29) is 0 Å². The van der Waals surface area contributed by atoms with Crippen molar-refractivity contribution in [1.82, 2.24) is 5.32 Å². The monoisotopic (exact) mass is 314 g/mol. The van der Waals surface area contributed by atoms with Gasteiger partial charge in [0, 0.05) is 30.7 Å². The first kappa shape index (κ1) is 15.4. The molecule has 3 heteroatoms. The van der Waals surface area contributed by atoms with Gasteiger partial charge in [0.1, 0.15) is 0 Å². The van der Waals surface area contributed by atoms with Crippen LogP contribution in [0.3, 0.4) is 0 Å². The minimum absolute atomic E-state index is 0.452. The van der Waals surface area contributed by atoms with Gasteiger partial charge in [0.2, 0.25) is 0 Å². The molecular weight excluding hydrogens is 292 g/mol. The molecule has 1 heterocycles. The molecule has 0 fully saturated rings. The predicted octanol–water partition coefficient (Wildman–Crippen LogP) is 3.84. The maximum atomic E-state index is 6.16. The maximum absolute atomic E-state index is 6.16. The van der Waals surface area contributed by atoms with Gasteiger partial charge in [-0.2, -0.15) is 0 Å². The summed E-state index contributed by atoms with van der Waals surface area (Å²) in [7, 11) is 0. The quantitative estimate of drug-likeness (QED) is 0.617. The van der Waals surface area contributed by atoms with E-state index >= 15 is 0 Å². The van der Waals surface area contributed by atoms with Crippen LogP contribution in [0.4, 0.5) is 5.69 Å². The molecule has 1 N–H and O–H groups in total. The number of rotatable bonds is 7. The molecule has 2 nitrogen and oxygen atoms in total. The highest BCUT2D eigenvalue weighted by Crippen LogP contribution is 2.32. The largest absolute Gasteiger partial charge is 0.367 e. The number of benzene rings is 2. The van der Waals surface area contributed by atoms with Gasteiger partial charge in [-0.3, -0.25) is 0 Å². The summed E-state index contributed by atoms with van der Waals surface area (Å²) in [6.45, 7) is 3.04. The molecule has 0 radical (unpaired) electrons. The lowest BCUT2D eigenvalue weighted by molar-refractivity contribution is 0.605. The van der Waals surface area contributed by atoms with Gasteiger partial charge in [-0.05, 0) is 36.6 Å². The maximum Gasteiger partial charge on any atom is 0.0466 e. The van der Waals surface area contributed by atoms with Crippen molar-refractivity contribution in [1.29, 1.82) is 0 Å². The molecule has 22 heavy (non-hydrogen) atoms. The summed E-state index contributed by atoms with van der Waals surface area (Å²) >= 11 is 6.16. The molecule has 0 aliphatic carbocycles. The Bertz CT molecular complexity index is 585. The minimum Gasteiger partial charge on any atom is -0.367 e. The van der Waals surface area contributed by atoms with Crippen LogP contribution in [0, 0.1) is 0 Å². The molecule has 3 rings (SSSR count). The van der Waals surface area contributed by atoms with E-state index in [1.165, 1.54) is 16.8 Å². The van der Waals surface area contributed by atoms with E-state index < -0.39 is 0 Å². The Morgan fingerprint density at radius 3 is 2.64 bits per heavy atom. The number of alkyl halides is 1. The lowest BCUT2D eigenvalue weighted by Gasteiger charge is -2.26. The van der Waals surface area contributed by atoms with Crippen molar-refractivity contribution in [3.05, 3.63) is 65.7 Å². The first-order valence-corrected chi connectivity index (χ1v) is 8.57. The first-order chi connectivity index (χ1) is 10.9. The SMILES string of the molecule is ClCC1Cc2ccccc2N1CCCNCc1ccccc1. The van der Waals surface area contributed by atoms with Crippen molar-refractivity contribution in [3.63, 3.8) is 0 Å². The Kier molecular flexibility index (Phi) is 5.36. The highest BCUT2D eigenvalue weighted by Gasteiger charge is 2.27. The Morgan fingerprint density at radius 2 is 1.82 bits per heavy atom. The molecular formula is C19H23ClN2. The molecule has 1 atom stereocenters. The highest BCUT2D eigenvalue weighted by atomic mass is 35.5. The lowest BCUT2D eigenvalue weighted by Crippen LogP contribution is -2.35. The van der Waals surface area contributed by atoms with Crippen LogP contribution in [0.25, 0.3) is 0 Å². The number of fused-ring (bicyclic) bond motifs is 1. The zero-order chi connectivity index (χ0) is 15.2. The van der Waals surface area contributed by atoms with Crippen LogP contribution >= 0.6 is 11.6 Å². The zero-order valence-electron chi connectivity index (χ0n) is 12.8. The number of hydrogen-bond donors (Lipinski definition) is 1. The van der Waals surface area contributed by atoms with E-state index in [1.54, 1.807) is 0 Å². The van der Waals surface area contributed by atoms with E-state index in [2.05, 4.69) is 64.8 Å². The van der Waals surface area contributed by atoms with Crippen molar-refractivity contribution in [2.75, 3.05) is 23.9 Å². The van der Waals surface area contributed by atoms with Gasteiger partial charge in [0.15, 0.2) is 0 Å².